The molecule has 4 heteroatoms. The van der Waals surface area contributed by atoms with Crippen molar-refractivity contribution in [1.29, 1.82) is 0 Å². The van der Waals surface area contributed by atoms with Crippen molar-refractivity contribution >= 4 is 5.84 Å². The lowest BCUT2D eigenvalue weighted by Gasteiger charge is -2.03. The van der Waals surface area contributed by atoms with Crippen LogP contribution in [0.5, 0.6) is 0 Å². The van der Waals surface area contributed by atoms with Crippen LogP contribution in [0.25, 0.3) is 0 Å². The summed E-state index contributed by atoms with van der Waals surface area (Å²) in [6.45, 7) is 0.246. The third kappa shape index (κ3) is 2.85. The molecule has 0 saturated heterocycles. The van der Waals surface area contributed by atoms with Gasteiger partial charge in [0.05, 0.1) is 13.2 Å². The topological polar surface area (TPSA) is 64.9 Å². The zero-order chi connectivity index (χ0) is 9.52. The fourth-order valence-electron chi connectivity index (χ4n) is 0.949. The molecule has 1 aromatic rings. The molecule has 0 aliphatic carbocycles. The Morgan fingerprint density at radius 3 is 2.54 bits per heavy atom. The molecule has 1 aromatic carbocycles. The molecule has 0 saturated carbocycles. The maximum Gasteiger partial charge on any atom is 0.152 e. The molecule has 0 aliphatic rings. The van der Waals surface area contributed by atoms with Crippen molar-refractivity contribution in [2.45, 2.75) is 0 Å². The molecule has 0 fully saturated rings. The number of hydroxylamine groups is 1. The normalized spacial score (nSPS) is 11.4. The van der Waals surface area contributed by atoms with Crippen LogP contribution in [0.1, 0.15) is 5.56 Å². The highest BCUT2D eigenvalue weighted by Gasteiger charge is 1.98. The zero-order valence-electron chi connectivity index (χ0n) is 7.14. The van der Waals surface area contributed by atoms with Gasteiger partial charge in [0.1, 0.15) is 0 Å². The van der Waals surface area contributed by atoms with E-state index in [9.17, 15) is 0 Å². The van der Waals surface area contributed by atoms with E-state index in [1.54, 1.807) is 0 Å². The minimum Gasteiger partial charge on any atom is -0.394 e. The quantitative estimate of drug-likeness (QED) is 0.358. The third-order valence-electron chi connectivity index (χ3n) is 1.52. The van der Waals surface area contributed by atoms with Gasteiger partial charge in [-0.3, -0.25) is 15.7 Å². The number of aliphatic hydroxyl groups is 1. The molecular formula is C9H12N2O2. The van der Waals surface area contributed by atoms with Crippen molar-refractivity contribution < 1.29 is 10.3 Å². The van der Waals surface area contributed by atoms with Gasteiger partial charge in [-0.15, -0.1) is 0 Å². The Morgan fingerprint density at radius 1 is 1.31 bits per heavy atom. The number of benzene rings is 1. The molecule has 0 spiro atoms. The van der Waals surface area contributed by atoms with E-state index < -0.39 is 0 Å². The Labute approximate surface area is 76.5 Å². The lowest BCUT2D eigenvalue weighted by molar-refractivity contribution is 0.234. The third-order valence-corrected chi connectivity index (χ3v) is 1.52. The highest BCUT2D eigenvalue weighted by molar-refractivity contribution is 5.97. The summed E-state index contributed by atoms with van der Waals surface area (Å²) in [5, 5.41) is 17.3. The van der Waals surface area contributed by atoms with Gasteiger partial charge in [0.15, 0.2) is 5.84 Å². The molecule has 4 nitrogen and oxygen atoms in total. The Bertz CT molecular complexity index is 272. The summed E-state index contributed by atoms with van der Waals surface area (Å²) >= 11 is 0. The molecule has 0 unspecified atom stereocenters. The van der Waals surface area contributed by atoms with Crippen molar-refractivity contribution in [3.05, 3.63) is 35.9 Å². The number of amidine groups is 1. The molecule has 0 aromatic heterocycles. The number of hydrogen-bond acceptors (Lipinski definition) is 3. The number of rotatable bonds is 3. The van der Waals surface area contributed by atoms with Crippen LogP contribution in [-0.4, -0.2) is 29.3 Å². The average molecular weight is 180 g/mol. The summed E-state index contributed by atoms with van der Waals surface area (Å²) in [7, 11) is 0. The first-order valence-electron chi connectivity index (χ1n) is 3.99. The average Bonchev–Trinajstić information content (AvgIpc) is 2.21. The monoisotopic (exact) mass is 180 g/mol. The van der Waals surface area contributed by atoms with Gasteiger partial charge >= 0.3 is 0 Å². The van der Waals surface area contributed by atoms with Gasteiger partial charge in [0.25, 0.3) is 0 Å². The summed E-state index contributed by atoms with van der Waals surface area (Å²) in [5.74, 6) is 0.370. The van der Waals surface area contributed by atoms with Crippen LogP contribution in [0.15, 0.2) is 35.3 Å². The second-order valence-electron chi connectivity index (χ2n) is 2.43. The highest BCUT2D eigenvalue weighted by atomic mass is 16.5. The number of aliphatic hydroxyl groups excluding tert-OH is 1. The van der Waals surface area contributed by atoms with Crippen LogP contribution in [0, 0.1) is 0 Å². The molecule has 70 valence electrons. The summed E-state index contributed by atoms with van der Waals surface area (Å²) in [6, 6.07) is 9.21. The first-order chi connectivity index (χ1) is 6.38. The van der Waals surface area contributed by atoms with E-state index in [0.717, 1.165) is 5.56 Å². The lowest BCUT2D eigenvalue weighted by atomic mass is 10.2. The van der Waals surface area contributed by atoms with Crippen molar-refractivity contribution in [2.75, 3.05) is 13.2 Å². The van der Waals surface area contributed by atoms with Crippen LogP contribution in [0.2, 0.25) is 0 Å². The molecule has 3 N–H and O–H groups in total. The Morgan fingerprint density at radius 2 is 2.00 bits per heavy atom. The predicted octanol–water partition coefficient (Wildman–Crippen LogP) is 0.404. The number of nitrogens with zero attached hydrogens (tertiary/aromatic N) is 1. The minimum atomic E-state index is -0.0297. The van der Waals surface area contributed by atoms with Crippen molar-refractivity contribution in [2.24, 2.45) is 4.99 Å². The molecule has 0 radical (unpaired) electrons. The van der Waals surface area contributed by atoms with Gasteiger partial charge in [0, 0.05) is 5.56 Å². The van der Waals surface area contributed by atoms with Crippen molar-refractivity contribution in [3.8, 4) is 0 Å². The van der Waals surface area contributed by atoms with E-state index in [2.05, 4.69) is 4.99 Å². The van der Waals surface area contributed by atoms with E-state index in [4.69, 9.17) is 10.3 Å². The highest BCUT2D eigenvalue weighted by Crippen LogP contribution is 1.98. The second-order valence-corrected chi connectivity index (χ2v) is 2.43. The van der Waals surface area contributed by atoms with E-state index in [1.165, 1.54) is 0 Å². The van der Waals surface area contributed by atoms with Gasteiger partial charge < -0.3 is 5.11 Å². The summed E-state index contributed by atoms with van der Waals surface area (Å²) in [4.78, 5) is 3.94. The van der Waals surface area contributed by atoms with E-state index in [1.807, 2.05) is 35.8 Å². The van der Waals surface area contributed by atoms with Crippen molar-refractivity contribution in [3.63, 3.8) is 0 Å². The first kappa shape index (κ1) is 9.70. The van der Waals surface area contributed by atoms with Crippen molar-refractivity contribution in [1.82, 2.24) is 5.48 Å². The second kappa shape index (κ2) is 5.29. The van der Waals surface area contributed by atoms with Gasteiger partial charge in [-0.05, 0) is 0 Å². The number of hydrogen-bond donors (Lipinski definition) is 3. The lowest BCUT2D eigenvalue weighted by Crippen LogP contribution is -2.21. The molecule has 1 rings (SSSR count). The first-order valence-corrected chi connectivity index (χ1v) is 3.99. The van der Waals surface area contributed by atoms with Crippen LogP contribution in [0.3, 0.4) is 0 Å². The molecule has 0 bridgehead atoms. The fourth-order valence-corrected chi connectivity index (χ4v) is 0.949. The summed E-state index contributed by atoms with van der Waals surface area (Å²) < 4.78 is 0. The maximum atomic E-state index is 8.74. The smallest absolute Gasteiger partial charge is 0.152 e. The number of aliphatic imine (C=N–C) groups is 1. The molecule has 0 aliphatic heterocycles. The van der Waals surface area contributed by atoms with E-state index in [-0.39, 0.29) is 13.2 Å². The molecular weight excluding hydrogens is 168 g/mol. The van der Waals surface area contributed by atoms with Gasteiger partial charge in [0.2, 0.25) is 0 Å². The SMILES string of the molecule is OCCN=C(NO)c1ccccc1. The molecule has 0 heterocycles. The Kier molecular flexibility index (Phi) is 3.95. The standard InChI is InChI=1S/C9H12N2O2/c12-7-6-10-9(11-13)8-4-2-1-3-5-8/h1-5,12-13H,6-7H2,(H,10,11). The number of nitrogens with one attached hydrogen (secondary N) is 1. The maximum absolute atomic E-state index is 8.74. The van der Waals surface area contributed by atoms with Crippen LogP contribution >= 0.6 is 0 Å². The predicted molar refractivity (Wildman–Crippen MR) is 49.9 cm³/mol. The van der Waals surface area contributed by atoms with Gasteiger partial charge in [-0.1, -0.05) is 30.3 Å². The van der Waals surface area contributed by atoms with E-state index in [0.29, 0.717) is 5.84 Å². The largest absolute Gasteiger partial charge is 0.394 e. The summed E-state index contributed by atoms with van der Waals surface area (Å²) in [6.07, 6.45) is 0. The van der Waals surface area contributed by atoms with E-state index >= 15 is 0 Å². The van der Waals surface area contributed by atoms with Crippen LogP contribution in [0.4, 0.5) is 0 Å². The van der Waals surface area contributed by atoms with Gasteiger partial charge in [-0.25, -0.2) is 0 Å². The molecule has 13 heavy (non-hydrogen) atoms. The van der Waals surface area contributed by atoms with Gasteiger partial charge in [-0.2, -0.15) is 0 Å². The fraction of sp³-hybridized carbons (Fsp3) is 0.222. The molecule has 0 amide bonds. The Hall–Kier alpha value is -1.39. The Balaban J connectivity index is 2.78. The minimum absolute atomic E-state index is 0.0297. The van der Waals surface area contributed by atoms with Crippen LogP contribution < -0.4 is 5.48 Å². The zero-order valence-corrected chi connectivity index (χ0v) is 7.14. The molecule has 0 atom stereocenters. The van der Waals surface area contributed by atoms with Crippen LogP contribution in [-0.2, 0) is 0 Å². The summed E-state index contributed by atoms with van der Waals surface area (Å²) in [5.41, 5.74) is 2.78.